The lowest BCUT2D eigenvalue weighted by Gasteiger charge is -2.08. The van der Waals surface area contributed by atoms with Gasteiger partial charge >= 0.3 is 11.9 Å². The molecule has 0 aliphatic heterocycles. The molecule has 2 aromatic heterocycles. The molecule has 8 heteroatoms. The van der Waals surface area contributed by atoms with Crippen molar-refractivity contribution in [2.45, 2.75) is 51.4 Å². The van der Waals surface area contributed by atoms with Crippen LogP contribution in [0.15, 0.2) is 6.07 Å². The molecule has 4 rings (SSSR count). The summed E-state index contributed by atoms with van der Waals surface area (Å²) in [7, 11) is 1.34. The maximum absolute atomic E-state index is 12.4. The lowest BCUT2D eigenvalue weighted by atomic mass is 10.1. The van der Waals surface area contributed by atoms with Crippen molar-refractivity contribution >= 4 is 45.5 Å². The van der Waals surface area contributed by atoms with E-state index < -0.39 is 17.8 Å². The normalized spacial score (nSPS) is 15.2. The van der Waals surface area contributed by atoms with E-state index in [-0.39, 0.29) is 6.61 Å². The molecule has 0 saturated carbocycles. The van der Waals surface area contributed by atoms with Crippen LogP contribution < -0.4 is 5.32 Å². The molecule has 2 heterocycles. The van der Waals surface area contributed by atoms with Gasteiger partial charge in [0.15, 0.2) is 6.61 Å². The molecular formula is C21H23NO5S2. The number of methoxy groups -OCH3 is 1. The quantitative estimate of drug-likeness (QED) is 0.566. The van der Waals surface area contributed by atoms with Gasteiger partial charge < -0.3 is 14.8 Å². The van der Waals surface area contributed by atoms with Crippen molar-refractivity contribution in [1.29, 1.82) is 0 Å². The minimum absolute atomic E-state index is 0.384. The lowest BCUT2D eigenvalue weighted by Crippen LogP contribution is -2.21. The number of carbonyl (C=O) groups is 3. The number of carbonyl (C=O) groups excluding carboxylic acids is 3. The van der Waals surface area contributed by atoms with Gasteiger partial charge in [0.2, 0.25) is 0 Å². The van der Waals surface area contributed by atoms with Crippen LogP contribution in [-0.2, 0) is 40.0 Å². The second kappa shape index (κ2) is 8.67. The van der Waals surface area contributed by atoms with Gasteiger partial charge in [0.25, 0.3) is 5.91 Å². The number of anilines is 1. The van der Waals surface area contributed by atoms with Gasteiger partial charge in [0, 0.05) is 9.75 Å². The first-order chi connectivity index (χ1) is 14.1. The zero-order valence-corrected chi connectivity index (χ0v) is 17.9. The second-order valence-corrected chi connectivity index (χ2v) is 9.54. The van der Waals surface area contributed by atoms with Crippen LogP contribution in [0.1, 0.15) is 66.6 Å². The van der Waals surface area contributed by atoms with Gasteiger partial charge in [-0.15, -0.1) is 22.7 Å². The first-order valence-corrected chi connectivity index (χ1v) is 11.5. The summed E-state index contributed by atoms with van der Waals surface area (Å²) in [5.74, 6) is -1.37. The number of thiophene rings is 2. The standard InChI is InChI=1S/C21H23NO5S2/c1-26-21(25)18-13-7-3-2-4-8-15(13)29-19(18)22-17(23)11-27-20(24)16-10-12-6-5-9-14(12)28-16/h10H,2-9,11H2,1H3,(H,22,23). The second-order valence-electron chi connectivity index (χ2n) is 7.30. The third-order valence-corrected chi connectivity index (χ3v) is 7.77. The molecule has 0 bridgehead atoms. The van der Waals surface area contributed by atoms with Gasteiger partial charge in [-0.25, -0.2) is 9.59 Å². The third-order valence-electron chi connectivity index (χ3n) is 5.35. The van der Waals surface area contributed by atoms with Crippen LogP contribution in [0, 0.1) is 0 Å². The van der Waals surface area contributed by atoms with Crippen LogP contribution >= 0.6 is 22.7 Å². The molecule has 0 fully saturated rings. The van der Waals surface area contributed by atoms with E-state index in [4.69, 9.17) is 9.47 Å². The van der Waals surface area contributed by atoms with Gasteiger partial charge in [0.1, 0.15) is 9.88 Å². The Hall–Kier alpha value is -2.19. The highest BCUT2D eigenvalue weighted by molar-refractivity contribution is 7.17. The van der Waals surface area contributed by atoms with Crippen LogP contribution in [0.2, 0.25) is 0 Å². The van der Waals surface area contributed by atoms with Crippen molar-refractivity contribution in [3.63, 3.8) is 0 Å². The van der Waals surface area contributed by atoms with Gasteiger partial charge in [0.05, 0.1) is 12.7 Å². The van der Waals surface area contributed by atoms with E-state index in [2.05, 4.69) is 5.32 Å². The zero-order chi connectivity index (χ0) is 20.4. The van der Waals surface area contributed by atoms with Gasteiger partial charge in [-0.1, -0.05) is 6.42 Å². The molecule has 2 aliphatic rings. The summed E-state index contributed by atoms with van der Waals surface area (Å²) < 4.78 is 10.1. The Morgan fingerprint density at radius 2 is 1.76 bits per heavy atom. The fourth-order valence-electron chi connectivity index (χ4n) is 3.94. The molecule has 2 aliphatic carbocycles. The molecule has 154 valence electrons. The Morgan fingerprint density at radius 1 is 0.966 bits per heavy atom. The number of esters is 2. The van der Waals surface area contributed by atoms with Crippen molar-refractivity contribution in [2.75, 3.05) is 19.0 Å². The SMILES string of the molecule is COC(=O)c1c(NC(=O)COC(=O)c2cc3c(s2)CCC3)sc2c1CCCCC2. The lowest BCUT2D eigenvalue weighted by molar-refractivity contribution is -0.119. The molecule has 29 heavy (non-hydrogen) atoms. The molecule has 0 aromatic carbocycles. The number of nitrogens with one attached hydrogen (secondary N) is 1. The molecule has 1 N–H and O–H groups in total. The van der Waals surface area contributed by atoms with E-state index in [1.165, 1.54) is 40.2 Å². The van der Waals surface area contributed by atoms with E-state index >= 15 is 0 Å². The van der Waals surface area contributed by atoms with Crippen LogP contribution in [0.4, 0.5) is 5.00 Å². The van der Waals surface area contributed by atoms with Crippen molar-refractivity contribution in [3.8, 4) is 0 Å². The molecule has 6 nitrogen and oxygen atoms in total. The molecule has 0 atom stereocenters. The number of rotatable bonds is 5. The van der Waals surface area contributed by atoms with E-state index in [1.54, 1.807) is 0 Å². The maximum atomic E-state index is 12.4. The Morgan fingerprint density at radius 3 is 2.55 bits per heavy atom. The van der Waals surface area contributed by atoms with Gasteiger partial charge in [-0.3, -0.25) is 4.79 Å². The molecular weight excluding hydrogens is 410 g/mol. The van der Waals surface area contributed by atoms with Gasteiger partial charge in [-0.2, -0.15) is 0 Å². The predicted octanol–water partition coefficient (Wildman–Crippen LogP) is 4.15. The molecule has 0 saturated heterocycles. The fraction of sp³-hybridized carbons (Fsp3) is 0.476. The maximum Gasteiger partial charge on any atom is 0.348 e. The molecule has 1 amide bonds. The van der Waals surface area contributed by atoms with E-state index in [0.717, 1.165) is 61.8 Å². The smallest absolute Gasteiger partial charge is 0.348 e. The van der Waals surface area contributed by atoms with Crippen LogP contribution in [0.3, 0.4) is 0 Å². The number of fused-ring (bicyclic) bond motifs is 2. The Kier molecular flexibility index (Phi) is 6.01. The van der Waals surface area contributed by atoms with E-state index in [9.17, 15) is 14.4 Å². The summed E-state index contributed by atoms with van der Waals surface area (Å²) in [6.45, 7) is -0.384. The Labute approximate surface area is 177 Å². The van der Waals surface area contributed by atoms with Crippen molar-refractivity contribution in [1.82, 2.24) is 0 Å². The number of hydrogen-bond acceptors (Lipinski definition) is 7. The largest absolute Gasteiger partial charge is 0.465 e. The highest BCUT2D eigenvalue weighted by atomic mass is 32.1. The fourth-order valence-corrected chi connectivity index (χ4v) is 6.38. The summed E-state index contributed by atoms with van der Waals surface area (Å²) in [6, 6.07) is 1.87. The molecule has 0 unspecified atom stereocenters. The number of ether oxygens (including phenoxy) is 2. The van der Waals surface area contributed by atoms with E-state index in [0.29, 0.717) is 15.4 Å². The summed E-state index contributed by atoms with van der Waals surface area (Å²) in [5, 5.41) is 3.24. The first-order valence-electron chi connectivity index (χ1n) is 9.88. The monoisotopic (exact) mass is 433 g/mol. The zero-order valence-electron chi connectivity index (χ0n) is 16.3. The minimum Gasteiger partial charge on any atom is -0.465 e. The van der Waals surface area contributed by atoms with Crippen molar-refractivity contribution < 1.29 is 23.9 Å². The molecule has 2 aromatic rings. The highest BCUT2D eigenvalue weighted by Gasteiger charge is 2.27. The number of hydrogen-bond donors (Lipinski definition) is 1. The van der Waals surface area contributed by atoms with Crippen molar-refractivity contribution in [3.05, 3.63) is 37.4 Å². The minimum atomic E-state index is -0.477. The summed E-state index contributed by atoms with van der Waals surface area (Å²) >= 11 is 2.87. The Bertz CT molecular complexity index is 937. The third kappa shape index (κ3) is 4.23. The summed E-state index contributed by atoms with van der Waals surface area (Å²) in [6.07, 6.45) is 8.07. The predicted molar refractivity (Wildman–Crippen MR) is 112 cm³/mol. The number of amides is 1. The van der Waals surface area contributed by atoms with Crippen LogP contribution in [0.5, 0.6) is 0 Å². The molecule has 0 radical (unpaired) electrons. The molecule has 0 spiro atoms. The topological polar surface area (TPSA) is 81.7 Å². The summed E-state index contributed by atoms with van der Waals surface area (Å²) in [4.78, 5) is 39.9. The summed E-state index contributed by atoms with van der Waals surface area (Å²) in [5.41, 5.74) is 2.65. The van der Waals surface area contributed by atoms with E-state index in [1.807, 2.05) is 6.07 Å². The van der Waals surface area contributed by atoms with Gasteiger partial charge in [-0.05, 0) is 62.1 Å². The van der Waals surface area contributed by atoms with Crippen LogP contribution in [0.25, 0.3) is 0 Å². The Balaban J connectivity index is 1.42. The average Bonchev–Trinajstić information content (AvgIpc) is 3.35. The first kappa shape index (κ1) is 20.1. The number of aryl methyl sites for hydroxylation is 3. The highest BCUT2D eigenvalue weighted by Crippen LogP contribution is 2.38. The van der Waals surface area contributed by atoms with Crippen LogP contribution in [-0.4, -0.2) is 31.6 Å². The average molecular weight is 434 g/mol. The van der Waals surface area contributed by atoms with Crippen molar-refractivity contribution in [2.24, 2.45) is 0 Å².